The van der Waals surface area contributed by atoms with Crippen LogP contribution in [0.15, 0.2) is 60.7 Å². The second kappa shape index (κ2) is 9.13. The summed E-state index contributed by atoms with van der Waals surface area (Å²) < 4.78 is 10.1. The van der Waals surface area contributed by atoms with Gasteiger partial charge in [0.25, 0.3) is 0 Å². The molecule has 0 fully saturated rings. The topological polar surface area (TPSA) is 127 Å². The van der Waals surface area contributed by atoms with Crippen molar-refractivity contribution >= 4 is 23.5 Å². The SMILES string of the molecule is COc1ccc(C(=O)c2cc(C(=O)O)c(C(=O)c3ccc(OC)cc3)cc2C(=O)O)cc1. The normalized spacial score (nSPS) is 10.3. The Morgan fingerprint density at radius 1 is 0.562 bits per heavy atom. The van der Waals surface area contributed by atoms with E-state index in [-0.39, 0.29) is 22.3 Å². The van der Waals surface area contributed by atoms with Crippen molar-refractivity contribution in [3.63, 3.8) is 0 Å². The Balaban J connectivity index is 2.14. The molecular weight excluding hydrogens is 416 g/mol. The van der Waals surface area contributed by atoms with Crippen LogP contribution >= 0.6 is 0 Å². The number of rotatable bonds is 8. The van der Waals surface area contributed by atoms with Crippen molar-refractivity contribution in [2.45, 2.75) is 0 Å². The van der Waals surface area contributed by atoms with Crippen molar-refractivity contribution < 1.29 is 38.9 Å². The summed E-state index contributed by atoms with van der Waals surface area (Å²) in [4.78, 5) is 49.7. The standard InChI is InChI=1S/C24H18O8/c1-31-15-7-3-13(4-8-15)21(25)17-11-20(24(29)30)18(12-19(17)23(27)28)22(26)14-5-9-16(32-2)10-6-14/h3-12H,1-2H3,(H,27,28)(H,29,30). The molecule has 0 unspecified atom stereocenters. The first-order valence-electron chi connectivity index (χ1n) is 9.29. The molecule has 3 aromatic carbocycles. The maximum absolute atomic E-state index is 13.0. The minimum atomic E-state index is -1.47. The van der Waals surface area contributed by atoms with Gasteiger partial charge < -0.3 is 19.7 Å². The van der Waals surface area contributed by atoms with Crippen LogP contribution in [0.3, 0.4) is 0 Å². The summed E-state index contributed by atoms with van der Waals surface area (Å²) >= 11 is 0. The highest BCUT2D eigenvalue weighted by molar-refractivity contribution is 6.19. The first-order chi connectivity index (χ1) is 15.3. The summed E-state index contributed by atoms with van der Waals surface area (Å²) in [5.74, 6) is -3.35. The van der Waals surface area contributed by atoms with Gasteiger partial charge in [-0.2, -0.15) is 0 Å². The molecule has 162 valence electrons. The highest BCUT2D eigenvalue weighted by Crippen LogP contribution is 2.25. The smallest absolute Gasteiger partial charge is 0.336 e. The van der Waals surface area contributed by atoms with Crippen molar-refractivity contribution in [1.82, 2.24) is 0 Å². The van der Waals surface area contributed by atoms with Crippen LogP contribution in [0, 0.1) is 0 Å². The monoisotopic (exact) mass is 434 g/mol. The fraction of sp³-hybridized carbons (Fsp3) is 0.0833. The maximum atomic E-state index is 13.0. The van der Waals surface area contributed by atoms with Gasteiger partial charge in [-0.05, 0) is 60.7 Å². The average molecular weight is 434 g/mol. The minimum Gasteiger partial charge on any atom is -0.497 e. The Bertz CT molecular complexity index is 1110. The lowest BCUT2D eigenvalue weighted by Gasteiger charge is -2.12. The summed E-state index contributed by atoms with van der Waals surface area (Å²) in [5.41, 5.74) is -1.37. The van der Waals surface area contributed by atoms with Crippen LogP contribution in [0.5, 0.6) is 11.5 Å². The van der Waals surface area contributed by atoms with E-state index in [0.717, 1.165) is 12.1 Å². The first-order valence-corrected chi connectivity index (χ1v) is 9.29. The van der Waals surface area contributed by atoms with E-state index in [0.29, 0.717) is 11.5 Å². The van der Waals surface area contributed by atoms with Gasteiger partial charge in [0.05, 0.1) is 25.3 Å². The van der Waals surface area contributed by atoms with Crippen LogP contribution in [0.2, 0.25) is 0 Å². The second-order valence-electron chi connectivity index (χ2n) is 6.67. The molecular formula is C24H18O8. The predicted molar refractivity (Wildman–Crippen MR) is 113 cm³/mol. The Morgan fingerprint density at radius 3 is 1.12 bits per heavy atom. The molecule has 32 heavy (non-hydrogen) atoms. The molecule has 0 bridgehead atoms. The third-order valence-electron chi connectivity index (χ3n) is 4.81. The number of hydrogen-bond acceptors (Lipinski definition) is 6. The van der Waals surface area contributed by atoms with E-state index < -0.39 is 34.6 Å². The number of hydrogen-bond donors (Lipinski definition) is 2. The number of carbonyl (C=O) groups is 4. The fourth-order valence-electron chi connectivity index (χ4n) is 3.13. The molecule has 0 aromatic heterocycles. The summed E-state index contributed by atoms with van der Waals surface area (Å²) in [6, 6.07) is 13.7. The van der Waals surface area contributed by atoms with Gasteiger partial charge in [0.2, 0.25) is 0 Å². The van der Waals surface area contributed by atoms with E-state index in [1.54, 1.807) is 0 Å². The van der Waals surface area contributed by atoms with E-state index in [1.807, 2.05) is 0 Å². The van der Waals surface area contributed by atoms with Gasteiger partial charge in [-0.3, -0.25) is 9.59 Å². The van der Waals surface area contributed by atoms with Crippen LogP contribution in [0.4, 0.5) is 0 Å². The minimum absolute atomic E-state index is 0.138. The highest BCUT2D eigenvalue weighted by atomic mass is 16.5. The third kappa shape index (κ3) is 4.34. The third-order valence-corrected chi connectivity index (χ3v) is 4.81. The Hall–Kier alpha value is -4.46. The molecule has 3 rings (SSSR count). The predicted octanol–water partition coefficient (Wildman–Crippen LogP) is 3.56. The van der Waals surface area contributed by atoms with Crippen LogP contribution in [0.25, 0.3) is 0 Å². The zero-order chi connectivity index (χ0) is 23.4. The van der Waals surface area contributed by atoms with E-state index in [2.05, 4.69) is 0 Å². The molecule has 0 aliphatic carbocycles. The van der Waals surface area contributed by atoms with E-state index in [4.69, 9.17) is 9.47 Å². The quantitative estimate of drug-likeness (QED) is 0.515. The number of methoxy groups -OCH3 is 2. The maximum Gasteiger partial charge on any atom is 0.336 e. The number of aromatic carboxylic acids is 2. The van der Waals surface area contributed by atoms with E-state index >= 15 is 0 Å². The number of ketones is 2. The summed E-state index contributed by atoms with van der Waals surface area (Å²) in [5, 5.41) is 19.3. The lowest BCUT2D eigenvalue weighted by Crippen LogP contribution is -2.17. The largest absolute Gasteiger partial charge is 0.497 e. The van der Waals surface area contributed by atoms with Crippen molar-refractivity contribution in [3.05, 3.63) is 94.0 Å². The zero-order valence-corrected chi connectivity index (χ0v) is 17.1. The molecule has 0 radical (unpaired) electrons. The lowest BCUT2D eigenvalue weighted by atomic mass is 9.90. The molecule has 8 heteroatoms. The van der Waals surface area contributed by atoms with E-state index in [1.165, 1.54) is 62.8 Å². The van der Waals surface area contributed by atoms with Crippen molar-refractivity contribution in [3.8, 4) is 11.5 Å². The lowest BCUT2D eigenvalue weighted by molar-refractivity contribution is 0.0677. The van der Waals surface area contributed by atoms with Crippen molar-refractivity contribution in [2.24, 2.45) is 0 Å². The van der Waals surface area contributed by atoms with Crippen molar-refractivity contribution in [2.75, 3.05) is 14.2 Å². The molecule has 0 saturated carbocycles. The van der Waals surface area contributed by atoms with E-state index in [9.17, 15) is 29.4 Å². The van der Waals surface area contributed by atoms with Gasteiger partial charge in [-0.15, -0.1) is 0 Å². The first kappa shape index (κ1) is 22.2. The van der Waals surface area contributed by atoms with Gasteiger partial charge in [0, 0.05) is 22.3 Å². The number of carbonyl (C=O) groups excluding carboxylic acids is 2. The van der Waals surface area contributed by atoms with Crippen LogP contribution < -0.4 is 9.47 Å². The molecule has 0 atom stereocenters. The summed E-state index contributed by atoms with van der Waals surface area (Å²) in [6.45, 7) is 0. The Labute approximate surface area is 182 Å². The number of carboxylic acids is 2. The van der Waals surface area contributed by atoms with Crippen LogP contribution in [0.1, 0.15) is 52.6 Å². The number of benzene rings is 3. The molecule has 0 saturated heterocycles. The number of ether oxygens (including phenoxy) is 2. The second-order valence-corrected chi connectivity index (χ2v) is 6.67. The molecule has 3 aromatic rings. The van der Waals surface area contributed by atoms with Crippen molar-refractivity contribution in [1.29, 1.82) is 0 Å². The Morgan fingerprint density at radius 2 is 0.875 bits per heavy atom. The van der Waals surface area contributed by atoms with Gasteiger partial charge in [-0.1, -0.05) is 0 Å². The van der Waals surface area contributed by atoms with Crippen LogP contribution in [-0.4, -0.2) is 47.9 Å². The molecule has 8 nitrogen and oxygen atoms in total. The molecule has 0 aliphatic heterocycles. The zero-order valence-electron chi connectivity index (χ0n) is 17.1. The molecule has 0 spiro atoms. The van der Waals surface area contributed by atoms with Gasteiger partial charge in [0.1, 0.15) is 11.5 Å². The average Bonchev–Trinajstić information content (AvgIpc) is 2.82. The highest BCUT2D eigenvalue weighted by Gasteiger charge is 2.26. The molecule has 2 N–H and O–H groups in total. The Kier molecular flexibility index (Phi) is 6.34. The van der Waals surface area contributed by atoms with Gasteiger partial charge in [-0.25, -0.2) is 9.59 Å². The van der Waals surface area contributed by atoms with Gasteiger partial charge in [0.15, 0.2) is 11.6 Å². The van der Waals surface area contributed by atoms with Gasteiger partial charge >= 0.3 is 11.9 Å². The molecule has 0 heterocycles. The summed E-state index contributed by atoms with van der Waals surface area (Å²) in [7, 11) is 2.91. The summed E-state index contributed by atoms with van der Waals surface area (Å²) in [6.07, 6.45) is 0. The fourth-order valence-corrected chi connectivity index (χ4v) is 3.13. The number of carboxylic acid groups (broad SMARTS) is 2. The molecule has 0 aliphatic rings. The van der Waals surface area contributed by atoms with Crippen LogP contribution in [-0.2, 0) is 0 Å². The molecule has 0 amide bonds.